The van der Waals surface area contributed by atoms with Crippen molar-refractivity contribution in [2.24, 2.45) is 23.5 Å². The molecule has 0 amide bonds. The Hall–Kier alpha value is -0.280. The molecule has 4 heteroatoms. The second-order valence-corrected chi connectivity index (χ2v) is 3.70. The Kier molecular flexibility index (Phi) is 2.64. The van der Waals surface area contributed by atoms with E-state index in [-0.39, 0.29) is 24.4 Å². The minimum Gasteiger partial charge on any atom is -0.481 e. The summed E-state index contributed by atoms with van der Waals surface area (Å²) in [4.78, 5) is 10.7. The zero-order chi connectivity index (χ0) is 8.01. The Labute approximate surface area is 77.7 Å². The number of aliphatic carboxylic acids is 1. The average molecular weight is 192 g/mol. The molecule has 2 aliphatic carbocycles. The molecule has 0 spiro atoms. The molecule has 0 aromatic rings. The molecule has 2 saturated carbocycles. The summed E-state index contributed by atoms with van der Waals surface area (Å²) >= 11 is 0. The highest BCUT2D eigenvalue weighted by Gasteiger charge is 2.53. The third-order valence-corrected chi connectivity index (χ3v) is 3.28. The number of fused-ring (bicyclic) bond motifs is 1. The first-order chi connectivity index (χ1) is 5.22. The molecular weight excluding hydrogens is 178 g/mol. The van der Waals surface area contributed by atoms with Crippen molar-refractivity contribution >= 4 is 18.4 Å². The molecule has 70 valence electrons. The third-order valence-electron chi connectivity index (χ3n) is 3.28. The van der Waals surface area contributed by atoms with Crippen LogP contribution >= 0.6 is 12.4 Å². The van der Waals surface area contributed by atoms with E-state index in [1.54, 1.807) is 0 Å². The van der Waals surface area contributed by atoms with Gasteiger partial charge in [-0.1, -0.05) is 6.42 Å². The van der Waals surface area contributed by atoms with Crippen molar-refractivity contribution < 1.29 is 9.90 Å². The van der Waals surface area contributed by atoms with E-state index in [4.69, 9.17) is 10.8 Å². The number of carboxylic acids is 1. The lowest BCUT2D eigenvalue weighted by atomic mass is 9.63. The van der Waals surface area contributed by atoms with Crippen molar-refractivity contribution in [3.8, 4) is 0 Å². The van der Waals surface area contributed by atoms with Crippen LogP contribution in [0.25, 0.3) is 0 Å². The second-order valence-electron chi connectivity index (χ2n) is 3.70. The Balaban J connectivity index is 0.000000720. The molecule has 2 fully saturated rings. The normalized spacial score (nSPS) is 44.1. The van der Waals surface area contributed by atoms with E-state index in [1.165, 1.54) is 6.42 Å². The van der Waals surface area contributed by atoms with Gasteiger partial charge in [-0.3, -0.25) is 4.79 Å². The van der Waals surface area contributed by atoms with Gasteiger partial charge in [0.2, 0.25) is 0 Å². The lowest BCUT2D eigenvalue weighted by Crippen LogP contribution is -2.57. The third kappa shape index (κ3) is 1.12. The van der Waals surface area contributed by atoms with Crippen LogP contribution in [0.5, 0.6) is 0 Å². The first-order valence-electron chi connectivity index (χ1n) is 4.20. The van der Waals surface area contributed by atoms with Gasteiger partial charge < -0.3 is 10.8 Å². The summed E-state index contributed by atoms with van der Waals surface area (Å²) in [6.07, 6.45) is 3.40. The maximum absolute atomic E-state index is 10.7. The minimum absolute atomic E-state index is 0. The maximum Gasteiger partial charge on any atom is 0.308 e. The molecule has 0 aromatic heterocycles. The van der Waals surface area contributed by atoms with Gasteiger partial charge in [0.05, 0.1) is 5.92 Å². The fourth-order valence-corrected chi connectivity index (χ4v) is 2.70. The van der Waals surface area contributed by atoms with Crippen LogP contribution in [0.4, 0.5) is 0 Å². The lowest BCUT2D eigenvalue weighted by molar-refractivity contribution is -0.151. The van der Waals surface area contributed by atoms with Gasteiger partial charge in [0.25, 0.3) is 0 Å². The molecule has 2 rings (SSSR count). The van der Waals surface area contributed by atoms with E-state index >= 15 is 0 Å². The Bertz CT molecular complexity index is 197. The highest BCUT2D eigenvalue weighted by atomic mass is 35.5. The molecular formula is C8H14ClNO2. The second kappa shape index (κ2) is 3.23. The van der Waals surface area contributed by atoms with Gasteiger partial charge in [-0.05, 0) is 24.7 Å². The molecule has 4 unspecified atom stereocenters. The van der Waals surface area contributed by atoms with E-state index in [2.05, 4.69) is 0 Å². The van der Waals surface area contributed by atoms with Gasteiger partial charge in [0, 0.05) is 6.04 Å². The van der Waals surface area contributed by atoms with Crippen LogP contribution in [0, 0.1) is 17.8 Å². The predicted octanol–water partition coefficient (Wildman–Crippen LogP) is 0.866. The average Bonchev–Trinajstić information content (AvgIpc) is 2.30. The summed E-state index contributed by atoms with van der Waals surface area (Å²) in [6, 6.07) is -0.0556. The topological polar surface area (TPSA) is 63.3 Å². The molecule has 12 heavy (non-hydrogen) atoms. The quantitative estimate of drug-likeness (QED) is 0.647. The van der Waals surface area contributed by atoms with Crippen LogP contribution in [-0.4, -0.2) is 17.1 Å². The van der Waals surface area contributed by atoms with Crippen LogP contribution < -0.4 is 5.73 Å². The van der Waals surface area contributed by atoms with E-state index in [0.717, 1.165) is 12.8 Å². The van der Waals surface area contributed by atoms with Crippen LogP contribution in [0.3, 0.4) is 0 Å². The van der Waals surface area contributed by atoms with Crippen LogP contribution in [0.15, 0.2) is 0 Å². The minimum atomic E-state index is -0.694. The molecule has 0 heterocycles. The van der Waals surface area contributed by atoms with E-state index in [1.807, 2.05) is 0 Å². The summed E-state index contributed by atoms with van der Waals surface area (Å²) < 4.78 is 0. The van der Waals surface area contributed by atoms with Crippen LogP contribution in [-0.2, 0) is 4.79 Å². The standard InChI is InChI=1S/C8H13NO2.ClH/c9-7-5-3-1-2-4(5)6(7)8(10)11;/h4-7H,1-3,9H2,(H,10,11);1H. The number of hydrogen-bond acceptors (Lipinski definition) is 2. The van der Waals surface area contributed by atoms with Crippen molar-refractivity contribution in [3.63, 3.8) is 0 Å². The Morgan fingerprint density at radius 1 is 1.33 bits per heavy atom. The number of rotatable bonds is 1. The van der Waals surface area contributed by atoms with Crippen molar-refractivity contribution in [3.05, 3.63) is 0 Å². The summed E-state index contributed by atoms with van der Waals surface area (Å²) in [5, 5.41) is 8.77. The van der Waals surface area contributed by atoms with Gasteiger partial charge in [-0.15, -0.1) is 12.4 Å². The SMILES string of the molecule is Cl.NC1C2CCCC2C1C(=O)O. The zero-order valence-electron chi connectivity index (χ0n) is 6.77. The number of hydrogen-bond donors (Lipinski definition) is 2. The van der Waals surface area contributed by atoms with E-state index in [9.17, 15) is 4.79 Å². The molecule has 3 nitrogen and oxygen atoms in total. The molecule has 0 bridgehead atoms. The molecule has 0 saturated heterocycles. The number of carboxylic acid groups (broad SMARTS) is 1. The molecule has 0 aromatic carbocycles. The van der Waals surface area contributed by atoms with Crippen molar-refractivity contribution in [2.75, 3.05) is 0 Å². The summed E-state index contributed by atoms with van der Waals surface area (Å²) in [7, 11) is 0. The molecule has 0 radical (unpaired) electrons. The first-order valence-corrected chi connectivity index (χ1v) is 4.20. The summed E-state index contributed by atoms with van der Waals surface area (Å²) in [5.74, 6) is 0.00162. The zero-order valence-corrected chi connectivity index (χ0v) is 7.59. The van der Waals surface area contributed by atoms with Gasteiger partial charge in [0.15, 0.2) is 0 Å². The summed E-state index contributed by atoms with van der Waals surface area (Å²) in [6.45, 7) is 0. The number of nitrogens with two attached hydrogens (primary N) is 1. The maximum atomic E-state index is 10.7. The van der Waals surface area contributed by atoms with E-state index in [0.29, 0.717) is 11.8 Å². The lowest BCUT2D eigenvalue weighted by Gasteiger charge is -2.44. The largest absolute Gasteiger partial charge is 0.481 e. The highest BCUT2D eigenvalue weighted by molar-refractivity contribution is 5.85. The van der Waals surface area contributed by atoms with Crippen LogP contribution in [0.1, 0.15) is 19.3 Å². The van der Waals surface area contributed by atoms with Gasteiger partial charge in [-0.2, -0.15) is 0 Å². The fraction of sp³-hybridized carbons (Fsp3) is 0.875. The summed E-state index contributed by atoms with van der Waals surface area (Å²) in [5.41, 5.74) is 5.73. The van der Waals surface area contributed by atoms with Gasteiger partial charge in [-0.25, -0.2) is 0 Å². The van der Waals surface area contributed by atoms with E-state index < -0.39 is 5.97 Å². The number of halogens is 1. The molecule has 4 atom stereocenters. The highest BCUT2D eigenvalue weighted by Crippen LogP contribution is 2.50. The fourth-order valence-electron chi connectivity index (χ4n) is 2.70. The van der Waals surface area contributed by atoms with Crippen molar-refractivity contribution in [2.45, 2.75) is 25.3 Å². The first kappa shape index (κ1) is 9.81. The Morgan fingerprint density at radius 2 is 1.92 bits per heavy atom. The van der Waals surface area contributed by atoms with Gasteiger partial charge >= 0.3 is 5.97 Å². The monoisotopic (exact) mass is 191 g/mol. The predicted molar refractivity (Wildman–Crippen MR) is 47.2 cm³/mol. The number of carbonyl (C=O) groups is 1. The van der Waals surface area contributed by atoms with Gasteiger partial charge in [0.1, 0.15) is 0 Å². The Morgan fingerprint density at radius 3 is 2.50 bits per heavy atom. The van der Waals surface area contributed by atoms with Crippen LogP contribution in [0.2, 0.25) is 0 Å². The molecule has 0 aliphatic heterocycles. The molecule has 3 N–H and O–H groups in total. The molecule has 2 aliphatic rings. The smallest absolute Gasteiger partial charge is 0.308 e. The van der Waals surface area contributed by atoms with Crippen molar-refractivity contribution in [1.29, 1.82) is 0 Å². The van der Waals surface area contributed by atoms with Crippen molar-refractivity contribution in [1.82, 2.24) is 0 Å².